The van der Waals surface area contributed by atoms with Crippen LogP contribution in [-0.4, -0.2) is 10.9 Å². The number of nitrogens with one attached hydrogen (secondary N) is 1. The minimum absolute atomic E-state index is 0.141. The number of nitrogens with zero attached hydrogens (tertiary/aromatic N) is 2. The van der Waals surface area contributed by atoms with Crippen molar-refractivity contribution in [3.05, 3.63) is 57.9 Å². The molecule has 0 saturated carbocycles. The number of carbonyl (C=O) groups is 1. The van der Waals surface area contributed by atoms with Gasteiger partial charge >= 0.3 is 0 Å². The lowest BCUT2D eigenvalue weighted by Gasteiger charge is -2.03. The van der Waals surface area contributed by atoms with Crippen molar-refractivity contribution in [1.29, 1.82) is 5.26 Å². The van der Waals surface area contributed by atoms with E-state index >= 15 is 0 Å². The average molecular weight is 346 g/mol. The Bertz CT molecular complexity index is 938. The van der Waals surface area contributed by atoms with Crippen molar-refractivity contribution in [2.45, 2.75) is 6.92 Å². The van der Waals surface area contributed by atoms with Gasteiger partial charge in [0, 0.05) is 5.02 Å². The van der Waals surface area contributed by atoms with Crippen LogP contribution in [-0.2, 0) is 0 Å². The van der Waals surface area contributed by atoms with Crippen LogP contribution in [0.2, 0.25) is 5.02 Å². The summed E-state index contributed by atoms with van der Waals surface area (Å²) in [7, 11) is 0. The molecule has 3 rings (SSSR count). The Morgan fingerprint density at radius 3 is 2.87 bits per heavy atom. The molecular weight excluding hydrogens is 337 g/mol. The summed E-state index contributed by atoms with van der Waals surface area (Å²) in [5, 5.41) is 12.2. The molecule has 4 nitrogen and oxygen atoms in total. The molecule has 23 heavy (non-hydrogen) atoms. The van der Waals surface area contributed by atoms with Crippen molar-refractivity contribution in [1.82, 2.24) is 4.98 Å². The van der Waals surface area contributed by atoms with Gasteiger partial charge in [-0.2, -0.15) is 5.26 Å². The summed E-state index contributed by atoms with van der Waals surface area (Å²) in [6.07, 6.45) is 0. The lowest BCUT2D eigenvalue weighted by atomic mass is 10.1. The Kier molecular flexibility index (Phi) is 3.99. The van der Waals surface area contributed by atoms with Crippen LogP contribution in [0.15, 0.2) is 30.3 Å². The van der Waals surface area contributed by atoms with E-state index in [1.165, 1.54) is 23.5 Å². The molecule has 0 atom stereocenters. The fourth-order valence-corrected chi connectivity index (χ4v) is 3.14. The molecule has 0 unspecified atom stereocenters. The highest BCUT2D eigenvalue weighted by atomic mass is 35.5. The van der Waals surface area contributed by atoms with Gasteiger partial charge in [-0.3, -0.25) is 10.1 Å². The van der Waals surface area contributed by atoms with E-state index in [0.717, 1.165) is 16.3 Å². The van der Waals surface area contributed by atoms with Gasteiger partial charge < -0.3 is 0 Å². The quantitative estimate of drug-likeness (QED) is 0.742. The van der Waals surface area contributed by atoms with Gasteiger partial charge in [0.1, 0.15) is 5.82 Å². The fraction of sp³-hybridized carbons (Fsp3) is 0.0625. The molecule has 3 aromatic rings. The van der Waals surface area contributed by atoms with E-state index in [1.807, 2.05) is 19.1 Å². The molecule has 0 aliphatic carbocycles. The molecule has 0 bridgehead atoms. The predicted octanol–water partition coefficient (Wildman–Crippen LogP) is 4.52. The Morgan fingerprint density at radius 1 is 1.39 bits per heavy atom. The van der Waals surface area contributed by atoms with Gasteiger partial charge in [0.25, 0.3) is 5.91 Å². The fourth-order valence-electron chi connectivity index (χ4n) is 2.04. The Balaban J connectivity index is 1.90. The van der Waals surface area contributed by atoms with E-state index in [4.69, 9.17) is 16.9 Å². The number of amides is 1. The molecule has 1 amide bonds. The summed E-state index contributed by atoms with van der Waals surface area (Å²) in [6.45, 7) is 1.88. The maximum atomic E-state index is 13.9. The van der Waals surface area contributed by atoms with Crippen molar-refractivity contribution >= 4 is 44.2 Å². The van der Waals surface area contributed by atoms with Crippen LogP contribution in [0.3, 0.4) is 0 Å². The average Bonchev–Trinajstić information content (AvgIpc) is 2.88. The lowest BCUT2D eigenvalue weighted by molar-refractivity contribution is 0.102. The number of hydrogen-bond acceptors (Lipinski definition) is 4. The number of nitriles is 1. The van der Waals surface area contributed by atoms with Gasteiger partial charge in [-0.25, -0.2) is 9.37 Å². The van der Waals surface area contributed by atoms with Crippen LogP contribution in [0.5, 0.6) is 0 Å². The van der Waals surface area contributed by atoms with Crippen LogP contribution in [0.4, 0.5) is 9.52 Å². The number of fused-ring (bicyclic) bond motifs is 1. The second-order valence-electron chi connectivity index (χ2n) is 4.85. The van der Waals surface area contributed by atoms with Gasteiger partial charge in [-0.15, -0.1) is 0 Å². The maximum absolute atomic E-state index is 13.9. The summed E-state index contributed by atoms with van der Waals surface area (Å²) < 4.78 is 14.7. The van der Waals surface area contributed by atoms with Crippen molar-refractivity contribution in [3.8, 4) is 6.07 Å². The molecule has 0 fully saturated rings. The number of halogens is 2. The Morgan fingerprint density at radius 2 is 2.17 bits per heavy atom. The highest BCUT2D eigenvalue weighted by Crippen LogP contribution is 2.30. The van der Waals surface area contributed by atoms with Crippen LogP contribution in [0, 0.1) is 24.1 Å². The molecule has 1 heterocycles. The Hall–Kier alpha value is -2.49. The monoisotopic (exact) mass is 345 g/mol. The Labute approximate surface area is 140 Å². The molecule has 1 N–H and O–H groups in total. The summed E-state index contributed by atoms with van der Waals surface area (Å²) in [5.74, 6) is -1.37. The summed E-state index contributed by atoms with van der Waals surface area (Å²) in [6, 6.07) is 9.11. The molecule has 0 radical (unpaired) electrons. The molecule has 114 valence electrons. The normalized spacial score (nSPS) is 10.5. The molecule has 2 aromatic carbocycles. The van der Waals surface area contributed by atoms with E-state index in [-0.39, 0.29) is 11.1 Å². The van der Waals surface area contributed by atoms with Crippen molar-refractivity contribution in [3.63, 3.8) is 0 Å². The molecule has 0 aliphatic heterocycles. The molecule has 7 heteroatoms. The van der Waals surface area contributed by atoms with Gasteiger partial charge in [0.05, 0.1) is 27.4 Å². The summed E-state index contributed by atoms with van der Waals surface area (Å²) in [5.41, 5.74) is 1.60. The topological polar surface area (TPSA) is 65.8 Å². The number of rotatable bonds is 2. The van der Waals surface area contributed by atoms with Crippen LogP contribution >= 0.6 is 22.9 Å². The second kappa shape index (κ2) is 5.95. The maximum Gasteiger partial charge on any atom is 0.260 e. The van der Waals surface area contributed by atoms with E-state index in [9.17, 15) is 9.18 Å². The zero-order valence-corrected chi connectivity index (χ0v) is 13.4. The zero-order chi connectivity index (χ0) is 16.6. The number of thiazole rings is 1. The number of aryl methyl sites for hydroxylation is 1. The smallest absolute Gasteiger partial charge is 0.260 e. The van der Waals surface area contributed by atoms with Crippen LogP contribution in [0.1, 0.15) is 21.5 Å². The van der Waals surface area contributed by atoms with E-state index in [2.05, 4.69) is 10.3 Å². The third kappa shape index (κ3) is 3.02. The third-order valence-electron chi connectivity index (χ3n) is 3.23. The number of benzene rings is 2. The molecule has 0 aliphatic rings. The summed E-state index contributed by atoms with van der Waals surface area (Å²) >= 11 is 7.33. The minimum Gasteiger partial charge on any atom is -0.298 e. The number of anilines is 1. The largest absolute Gasteiger partial charge is 0.298 e. The van der Waals surface area contributed by atoms with E-state index < -0.39 is 11.7 Å². The first-order valence-electron chi connectivity index (χ1n) is 6.55. The molecular formula is C16H9ClFN3OS. The van der Waals surface area contributed by atoms with E-state index in [0.29, 0.717) is 15.7 Å². The van der Waals surface area contributed by atoms with E-state index in [1.54, 1.807) is 6.07 Å². The van der Waals surface area contributed by atoms with Crippen molar-refractivity contribution in [2.24, 2.45) is 0 Å². The zero-order valence-electron chi connectivity index (χ0n) is 11.9. The van der Waals surface area contributed by atoms with Gasteiger partial charge in [-0.05, 0) is 42.8 Å². The number of hydrogen-bond donors (Lipinski definition) is 1. The summed E-state index contributed by atoms with van der Waals surface area (Å²) in [4.78, 5) is 16.4. The number of carbonyl (C=O) groups excluding carboxylic acids is 1. The first kappa shape index (κ1) is 15.4. The first-order valence-corrected chi connectivity index (χ1v) is 7.75. The molecule has 0 saturated heterocycles. The first-order chi connectivity index (χ1) is 11.0. The van der Waals surface area contributed by atoms with Crippen molar-refractivity contribution < 1.29 is 9.18 Å². The van der Waals surface area contributed by atoms with Gasteiger partial charge in [0.15, 0.2) is 5.13 Å². The lowest BCUT2D eigenvalue weighted by Crippen LogP contribution is -2.13. The second-order valence-corrected chi connectivity index (χ2v) is 6.29. The molecule has 1 aromatic heterocycles. The molecule has 0 spiro atoms. The van der Waals surface area contributed by atoms with Gasteiger partial charge in [-0.1, -0.05) is 22.9 Å². The third-order valence-corrected chi connectivity index (χ3v) is 4.57. The predicted molar refractivity (Wildman–Crippen MR) is 88.4 cm³/mol. The minimum atomic E-state index is -0.749. The number of aromatic nitrogens is 1. The SMILES string of the molecule is Cc1cc2sc(NC(=O)c3ccc(C#N)cc3F)nc2cc1Cl. The van der Waals surface area contributed by atoms with Crippen LogP contribution in [0.25, 0.3) is 10.2 Å². The van der Waals surface area contributed by atoms with Gasteiger partial charge in [0.2, 0.25) is 0 Å². The standard InChI is InChI=1S/C16H9ClFN3OS/c1-8-4-14-13(6-11(8)17)20-16(23-14)21-15(22)10-3-2-9(7-19)5-12(10)18/h2-6H,1H3,(H,20,21,22). The highest BCUT2D eigenvalue weighted by Gasteiger charge is 2.15. The van der Waals surface area contributed by atoms with Crippen molar-refractivity contribution in [2.75, 3.05) is 5.32 Å². The van der Waals surface area contributed by atoms with Crippen LogP contribution < -0.4 is 5.32 Å². The highest BCUT2D eigenvalue weighted by molar-refractivity contribution is 7.22.